The van der Waals surface area contributed by atoms with Crippen molar-refractivity contribution in [2.24, 2.45) is 5.73 Å². The topological polar surface area (TPSA) is 29.3 Å². The van der Waals surface area contributed by atoms with Crippen molar-refractivity contribution in [1.29, 1.82) is 0 Å². The van der Waals surface area contributed by atoms with Gasteiger partial charge in [0.15, 0.2) is 0 Å². The van der Waals surface area contributed by atoms with Gasteiger partial charge in [0.05, 0.1) is 0 Å². The van der Waals surface area contributed by atoms with E-state index in [9.17, 15) is 8.78 Å². The van der Waals surface area contributed by atoms with Gasteiger partial charge >= 0.3 is 0 Å². The highest BCUT2D eigenvalue weighted by atomic mass is 19.1. The van der Waals surface area contributed by atoms with Gasteiger partial charge in [0.1, 0.15) is 17.3 Å². The first-order valence-corrected chi connectivity index (χ1v) is 7.10. The van der Waals surface area contributed by atoms with E-state index in [2.05, 4.69) is 0 Å². The second kappa shape index (κ2) is 5.45. The Hall–Kier alpha value is -1.94. The molecule has 1 aliphatic rings. The zero-order valence-electron chi connectivity index (χ0n) is 11.9. The van der Waals surface area contributed by atoms with Crippen LogP contribution in [0.15, 0.2) is 36.4 Å². The molecule has 110 valence electrons. The van der Waals surface area contributed by atoms with Gasteiger partial charge in [-0.15, -0.1) is 0 Å². The number of fused-ring (bicyclic) bond motifs is 1. The molecule has 0 spiro atoms. The zero-order chi connectivity index (χ0) is 15.0. The molecule has 1 aliphatic heterocycles. The van der Waals surface area contributed by atoms with Crippen molar-refractivity contribution in [2.75, 3.05) is 4.90 Å². The van der Waals surface area contributed by atoms with E-state index in [1.165, 1.54) is 12.1 Å². The fourth-order valence-corrected chi connectivity index (χ4v) is 2.90. The third kappa shape index (κ3) is 2.76. The van der Waals surface area contributed by atoms with E-state index in [0.717, 1.165) is 11.1 Å². The van der Waals surface area contributed by atoms with Crippen molar-refractivity contribution >= 4 is 5.69 Å². The van der Waals surface area contributed by atoms with Gasteiger partial charge in [0.25, 0.3) is 0 Å². The fraction of sp³-hybridized carbons (Fsp3) is 0.294. The van der Waals surface area contributed by atoms with Crippen molar-refractivity contribution < 1.29 is 8.78 Å². The normalized spacial score (nSPS) is 15.1. The molecule has 0 aliphatic carbocycles. The van der Waals surface area contributed by atoms with Gasteiger partial charge in [-0.3, -0.25) is 0 Å². The van der Waals surface area contributed by atoms with E-state index < -0.39 is 11.6 Å². The molecule has 0 bridgehead atoms. The number of halogens is 2. The number of anilines is 1. The molecule has 0 amide bonds. The molecule has 1 unspecified atom stereocenters. The Labute approximate surface area is 123 Å². The Kier molecular flexibility index (Phi) is 3.64. The predicted molar refractivity (Wildman–Crippen MR) is 80.0 cm³/mol. The lowest BCUT2D eigenvalue weighted by molar-refractivity contribution is 0.567. The number of nitrogens with zero attached hydrogens (tertiary/aromatic N) is 1. The van der Waals surface area contributed by atoms with Gasteiger partial charge in [-0.1, -0.05) is 24.3 Å². The minimum Gasteiger partial charge on any atom is -0.358 e. The molecule has 2 aromatic carbocycles. The van der Waals surface area contributed by atoms with Gasteiger partial charge in [-0.25, -0.2) is 8.78 Å². The Morgan fingerprint density at radius 2 is 1.62 bits per heavy atom. The summed E-state index contributed by atoms with van der Waals surface area (Å²) in [7, 11) is 0. The Bertz CT molecular complexity index is 620. The van der Waals surface area contributed by atoms with Crippen LogP contribution in [0.2, 0.25) is 0 Å². The molecular formula is C17H18F2N2. The Morgan fingerprint density at radius 3 is 2.10 bits per heavy atom. The molecule has 2 aromatic rings. The maximum Gasteiger partial charge on any atom is 0.149 e. The van der Waals surface area contributed by atoms with Gasteiger partial charge < -0.3 is 10.6 Å². The summed E-state index contributed by atoms with van der Waals surface area (Å²) in [6.45, 7) is 2.90. The fourth-order valence-electron chi connectivity index (χ4n) is 2.90. The smallest absolute Gasteiger partial charge is 0.149 e. The molecular weight excluding hydrogens is 270 g/mol. The Balaban J connectivity index is 1.90. The van der Waals surface area contributed by atoms with E-state index in [1.807, 2.05) is 31.2 Å². The lowest BCUT2D eigenvalue weighted by atomic mass is 10.1. The van der Waals surface area contributed by atoms with E-state index in [1.54, 1.807) is 4.90 Å². The number of benzene rings is 2. The zero-order valence-corrected chi connectivity index (χ0v) is 11.9. The number of hydrogen-bond donors (Lipinski definition) is 1. The van der Waals surface area contributed by atoms with Crippen molar-refractivity contribution in [3.63, 3.8) is 0 Å². The highest BCUT2D eigenvalue weighted by molar-refractivity contribution is 5.55. The van der Waals surface area contributed by atoms with Crippen molar-refractivity contribution in [1.82, 2.24) is 0 Å². The predicted octanol–water partition coefficient (Wildman–Crippen LogP) is 3.37. The van der Waals surface area contributed by atoms with Crippen LogP contribution in [0.25, 0.3) is 0 Å². The van der Waals surface area contributed by atoms with E-state index in [-0.39, 0.29) is 11.7 Å². The average Bonchev–Trinajstić information content (AvgIpc) is 2.80. The molecule has 3 rings (SSSR count). The lowest BCUT2D eigenvalue weighted by Crippen LogP contribution is -2.20. The molecule has 21 heavy (non-hydrogen) atoms. The highest BCUT2D eigenvalue weighted by Crippen LogP contribution is 2.32. The maximum atomic E-state index is 14.3. The monoisotopic (exact) mass is 288 g/mol. The molecule has 2 N–H and O–H groups in total. The van der Waals surface area contributed by atoms with E-state index in [0.29, 0.717) is 25.1 Å². The van der Waals surface area contributed by atoms with E-state index >= 15 is 0 Å². The van der Waals surface area contributed by atoms with Crippen LogP contribution in [0.4, 0.5) is 14.5 Å². The summed E-state index contributed by atoms with van der Waals surface area (Å²) < 4.78 is 28.6. The van der Waals surface area contributed by atoms with Crippen LogP contribution in [-0.2, 0) is 19.5 Å². The molecule has 1 heterocycles. The molecule has 1 atom stereocenters. The van der Waals surface area contributed by atoms with E-state index in [4.69, 9.17) is 5.73 Å². The summed E-state index contributed by atoms with van der Waals surface area (Å²) in [6.07, 6.45) is 0.467. The highest BCUT2D eigenvalue weighted by Gasteiger charge is 2.24. The number of nitrogens with two attached hydrogens (primary N) is 1. The standard InChI is InChI=1S/C17H18F2N2/c1-11(20)6-12-7-15(18)17(16(19)8-12)21-9-13-4-2-3-5-14(13)10-21/h2-5,7-8,11H,6,9-10,20H2,1H3. The third-order valence-corrected chi connectivity index (χ3v) is 3.79. The number of rotatable bonds is 3. The largest absolute Gasteiger partial charge is 0.358 e. The van der Waals surface area contributed by atoms with Crippen LogP contribution in [0.1, 0.15) is 23.6 Å². The maximum absolute atomic E-state index is 14.3. The summed E-state index contributed by atoms with van der Waals surface area (Å²) in [5.41, 5.74) is 8.58. The molecule has 0 saturated carbocycles. The summed E-state index contributed by atoms with van der Waals surface area (Å²) in [4.78, 5) is 1.74. The minimum absolute atomic E-state index is 0.0552. The van der Waals surface area contributed by atoms with Gasteiger partial charge in [-0.05, 0) is 42.2 Å². The molecule has 0 saturated heterocycles. The van der Waals surface area contributed by atoms with Gasteiger partial charge in [0.2, 0.25) is 0 Å². The minimum atomic E-state index is -0.515. The summed E-state index contributed by atoms with van der Waals surface area (Å²) >= 11 is 0. The second-order valence-electron chi connectivity index (χ2n) is 5.71. The first kappa shape index (κ1) is 14.0. The van der Waals surface area contributed by atoms with Crippen molar-refractivity contribution in [3.8, 4) is 0 Å². The summed E-state index contributed by atoms with van der Waals surface area (Å²) in [6, 6.07) is 10.5. The van der Waals surface area contributed by atoms with Gasteiger partial charge in [-0.2, -0.15) is 0 Å². The number of hydrogen-bond acceptors (Lipinski definition) is 2. The molecule has 0 aromatic heterocycles. The lowest BCUT2D eigenvalue weighted by Gasteiger charge is -2.20. The second-order valence-corrected chi connectivity index (χ2v) is 5.71. The summed E-state index contributed by atoms with van der Waals surface area (Å²) in [5, 5.41) is 0. The molecule has 2 nitrogen and oxygen atoms in total. The Morgan fingerprint density at radius 1 is 1.10 bits per heavy atom. The first-order chi connectivity index (χ1) is 10.0. The summed E-state index contributed by atoms with van der Waals surface area (Å²) in [5.74, 6) is -1.03. The van der Waals surface area contributed by atoms with Crippen LogP contribution in [0.3, 0.4) is 0 Å². The van der Waals surface area contributed by atoms with Crippen LogP contribution < -0.4 is 10.6 Å². The third-order valence-electron chi connectivity index (χ3n) is 3.79. The van der Waals surface area contributed by atoms with Crippen molar-refractivity contribution in [3.05, 3.63) is 64.7 Å². The molecule has 0 fully saturated rings. The van der Waals surface area contributed by atoms with Gasteiger partial charge in [0, 0.05) is 19.1 Å². The average molecular weight is 288 g/mol. The van der Waals surface area contributed by atoms with Crippen LogP contribution in [-0.4, -0.2) is 6.04 Å². The van der Waals surface area contributed by atoms with Crippen LogP contribution in [0.5, 0.6) is 0 Å². The molecule has 4 heteroatoms. The van der Waals surface area contributed by atoms with Crippen molar-refractivity contribution in [2.45, 2.75) is 32.5 Å². The van der Waals surface area contributed by atoms with Crippen LogP contribution >= 0.6 is 0 Å². The first-order valence-electron chi connectivity index (χ1n) is 7.10. The molecule has 0 radical (unpaired) electrons. The van der Waals surface area contributed by atoms with Crippen LogP contribution in [0, 0.1) is 11.6 Å². The quantitative estimate of drug-likeness (QED) is 0.938. The SMILES string of the molecule is CC(N)Cc1cc(F)c(N2Cc3ccccc3C2)c(F)c1.